The second kappa shape index (κ2) is 5.64. The lowest BCUT2D eigenvalue weighted by atomic mass is 10.3. The summed E-state index contributed by atoms with van der Waals surface area (Å²) in [5.74, 6) is 1.32. The van der Waals surface area contributed by atoms with E-state index in [9.17, 15) is 4.39 Å². The van der Waals surface area contributed by atoms with E-state index in [1.54, 1.807) is 6.07 Å². The zero-order valence-electron chi connectivity index (χ0n) is 9.01. The number of nitrogens with one attached hydrogen (secondary N) is 1. The molecular weight excluding hydrogens is 273 g/mol. The molecule has 0 unspecified atom stereocenters. The third-order valence-electron chi connectivity index (χ3n) is 2.56. The highest BCUT2D eigenvalue weighted by molar-refractivity contribution is 9.10. The Kier molecular flexibility index (Phi) is 4.18. The van der Waals surface area contributed by atoms with Crippen LogP contribution < -0.4 is 10.1 Å². The van der Waals surface area contributed by atoms with Gasteiger partial charge in [-0.1, -0.05) is 0 Å². The van der Waals surface area contributed by atoms with Crippen molar-refractivity contribution in [2.75, 3.05) is 19.7 Å². The van der Waals surface area contributed by atoms with Crippen LogP contribution in [0, 0.1) is 11.7 Å². The monoisotopic (exact) mass is 287 g/mol. The van der Waals surface area contributed by atoms with Crippen LogP contribution in [0.2, 0.25) is 0 Å². The molecule has 0 atom stereocenters. The minimum atomic E-state index is -0.258. The lowest BCUT2D eigenvalue weighted by Crippen LogP contribution is -2.23. The van der Waals surface area contributed by atoms with Gasteiger partial charge >= 0.3 is 0 Å². The van der Waals surface area contributed by atoms with Gasteiger partial charge in [0.25, 0.3) is 0 Å². The van der Waals surface area contributed by atoms with Crippen molar-refractivity contribution < 1.29 is 9.13 Å². The molecule has 1 aliphatic carbocycles. The zero-order valence-corrected chi connectivity index (χ0v) is 10.6. The Morgan fingerprint density at radius 3 is 2.94 bits per heavy atom. The Bertz CT molecular complexity index is 355. The van der Waals surface area contributed by atoms with Crippen LogP contribution in [0.4, 0.5) is 4.39 Å². The van der Waals surface area contributed by atoms with Gasteiger partial charge in [0.2, 0.25) is 0 Å². The van der Waals surface area contributed by atoms with Gasteiger partial charge in [-0.2, -0.15) is 0 Å². The summed E-state index contributed by atoms with van der Waals surface area (Å²) in [6.45, 7) is 2.53. The van der Waals surface area contributed by atoms with Crippen molar-refractivity contribution in [1.29, 1.82) is 0 Å². The van der Waals surface area contributed by atoms with E-state index in [1.165, 1.54) is 25.0 Å². The highest BCUT2D eigenvalue weighted by Crippen LogP contribution is 2.27. The standard InChI is InChI=1S/C12H15BrFNO/c13-11-7-10(14)3-4-12(11)16-6-5-15-8-9-1-2-9/h3-4,7,9,15H,1-2,5-6,8H2. The van der Waals surface area contributed by atoms with Crippen molar-refractivity contribution in [3.63, 3.8) is 0 Å². The average molecular weight is 288 g/mol. The molecule has 0 aliphatic heterocycles. The molecule has 1 aromatic rings. The second-order valence-corrected chi connectivity index (χ2v) is 4.93. The second-order valence-electron chi connectivity index (χ2n) is 4.07. The van der Waals surface area contributed by atoms with E-state index in [1.807, 2.05) is 0 Å². The highest BCUT2D eigenvalue weighted by atomic mass is 79.9. The van der Waals surface area contributed by atoms with Gasteiger partial charge in [-0.05, 0) is 59.4 Å². The maximum absolute atomic E-state index is 12.8. The predicted molar refractivity (Wildman–Crippen MR) is 65.2 cm³/mol. The van der Waals surface area contributed by atoms with Crippen molar-refractivity contribution in [2.24, 2.45) is 5.92 Å². The topological polar surface area (TPSA) is 21.3 Å². The number of rotatable bonds is 6. The van der Waals surface area contributed by atoms with Crippen molar-refractivity contribution in [1.82, 2.24) is 5.32 Å². The molecule has 1 N–H and O–H groups in total. The van der Waals surface area contributed by atoms with Crippen LogP contribution in [0.1, 0.15) is 12.8 Å². The summed E-state index contributed by atoms with van der Waals surface area (Å²) < 4.78 is 19.0. The molecule has 1 aliphatic rings. The van der Waals surface area contributed by atoms with Gasteiger partial charge in [0, 0.05) is 6.54 Å². The molecule has 1 saturated carbocycles. The van der Waals surface area contributed by atoms with E-state index in [-0.39, 0.29) is 5.82 Å². The largest absolute Gasteiger partial charge is 0.491 e. The first kappa shape index (κ1) is 11.9. The summed E-state index contributed by atoms with van der Waals surface area (Å²) in [5, 5.41) is 3.33. The third kappa shape index (κ3) is 3.76. The predicted octanol–water partition coefficient (Wildman–Crippen LogP) is 2.97. The molecule has 0 amide bonds. The minimum Gasteiger partial charge on any atom is -0.491 e. The molecule has 16 heavy (non-hydrogen) atoms. The van der Waals surface area contributed by atoms with E-state index >= 15 is 0 Å². The van der Waals surface area contributed by atoms with Crippen LogP contribution in [0.25, 0.3) is 0 Å². The van der Waals surface area contributed by atoms with Crippen LogP contribution >= 0.6 is 15.9 Å². The molecule has 4 heteroatoms. The molecule has 0 radical (unpaired) electrons. The van der Waals surface area contributed by atoms with Gasteiger partial charge in [0.1, 0.15) is 18.2 Å². The van der Waals surface area contributed by atoms with E-state index in [0.29, 0.717) is 16.8 Å². The fourth-order valence-corrected chi connectivity index (χ4v) is 1.92. The summed E-state index contributed by atoms with van der Waals surface area (Å²) in [4.78, 5) is 0. The number of halogens is 2. The maximum Gasteiger partial charge on any atom is 0.133 e. The van der Waals surface area contributed by atoms with Crippen molar-refractivity contribution in [3.05, 3.63) is 28.5 Å². The molecule has 0 aromatic heterocycles. The van der Waals surface area contributed by atoms with Crippen molar-refractivity contribution in [2.45, 2.75) is 12.8 Å². The summed E-state index contributed by atoms with van der Waals surface area (Å²) in [6, 6.07) is 4.45. The Balaban J connectivity index is 1.67. The molecule has 0 heterocycles. The normalized spacial score (nSPS) is 15.1. The number of ether oxygens (including phenoxy) is 1. The Morgan fingerprint density at radius 1 is 1.44 bits per heavy atom. The summed E-state index contributed by atoms with van der Waals surface area (Å²) >= 11 is 3.26. The first-order chi connectivity index (χ1) is 7.75. The molecular formula is C12H15BrFNO. The Morgan fingerprint density at radius 2 is 2.25 bits per heavy atom. The van der Waals surface area contributed by atoms with E-state index in [2.05, 4.69) is 21.2 Å². The van der Waals surface area contributed by atoms with Crippen LogP contribution in [-0.4, -0.2) is 19.7 Å². The molecule has 0 bridgehead atoms. The Labute approximate surface area is 103 Å². The van der Waals surface area contributed by atoms with Crippen LogP contribution in [0.15, 0.2) is 22.7 Å². The molecule has 0 saturated heterocycles. The molecule has 1 aromatic carbocycles. The van der Waals surface area contributed by atoms with Gasteiger partial charge < -0.3 is 10.1 Å². The quantitative estimate of drug-likeness (QED) is 0.813. The van der Waals surface area contributed by atoms with Crippen LogP contribution in [0.5, 0.6) is 5.75 Å². The smallest absolute Gasteiger partial charge is 0.133 e. The SMILES string of the molecule is Fc1ccc(OCCNCC2CC2)c(Br)c1. The number of hydrogen-bond donors (Lipinski definition) is 1. The molecule has 0 spiro atoms. The molecule has 2 nitrogen and oxygen atoms in total. The maximum atomic E-state index is 12.8. The van der Waals surface area contributed by atoms with Crippen LogP contribution in [-0.2, 0) is 0 Å². The van der Waals surface area contributed by atoms with E-state index in [0.717, 1.165) is 19.0 Å². The van der Waals surface area contributed by atoms with Crippen molar-refractivity contribution >= 4 is 15.9 Å². The number of benzene rings is 1. The summed E-state index contributed by atoms with van der Waals surface area (Å²) in [7, 11) is 0. The van der Waals surface area contributed by atoms with Gasteiger partial charge in [-0.3, -0.25) is 0 Å². The fourth-order valence-electron chi connectivity index (χ4n) is 1.45. The van der Waals surface area contributed by atoms with E-state index < -0.39 is 0 Å². The van der Waals surface area contributed by atoms with Crippen LogP contribution in [0.3, 0.4) is 0 Å². The first-order valence-corrected chi connectivity index (χ1v) is 6.33. The zero-order chi connectivity index (χ0) is 11.4. The average Bonchev–Trinajstić information content (AvgIpc) is 3.04. The number of hydrogen-bond acceptors (Lipinski definition) is 2. The first-order valence-electron chi connectivity index (χ1n) is 5.54. The minimum absolute atomic E-state index is 0.258. The third-order valence-corrected chi connectivity index (χ3v) is 3.18. The molecule has 1 fully saturated rings. The lowest BCUT2D eigenvalue weighted by Gasteiger charge is -2.08. The van der Waals surface area contributed by atoms with Crippen molar-refractivity contribution in [3.8, 4) is 5.75 Å². The van der Waals surface area contributed by atoms with E-state index in [4.69, 9.17) is 4.74 Å². The lowest BCUT2D eigenvalue weighted by molar-refractivity contribution is 0.311. The molecule has 88 valence electrons. The summed E-state index contributed by atoms with van der Waals surface area (Å²) in [5.41, 5.74) is 0. The van der Waals surface area contributed by atoms with Gasteiger partial charge in [-0.25, -0.2) is 4.39 Å². The highest BCUT2D eigenvalue weighted by Gasteiger charge is 2.19. The van der Waals surface area contributed by atoms with Gasteiger partial charge in [0.15, 0.2) is 0 Å². The molecule has 2 rings (SSSR count). The Hall–Kier alpha value is -0.610. The van der Waals surface area contributed by atoms with Gasteiger partial charge in [-0.15, -0.1) is 0 Å². The van der Waals surface area contributed by atoms with Gasteiger partial charge in [0.05, 0.1) is 4.47 Å². The fraction of sp³-hybridized carbons (Fsp3) is 0.500. The summed E-state index contributed by atoms with van der Waals surface area (Å²) in [6.07, 6.45) is 2.72.